The first-order valence-corrected chi connectivity index (χ1v) is 5.46. The fourth-order valence-electron chi connectivity index (χ4n) is 0.891. The first-order valence-electron chi connectivity index (χ1n) is 4.21. The van der Waals surface area contributed by atoms with Crippen LogP contribution in [0.1, 0.15) is 12.5 Å². The van der Waals surface area contributed by atoms with E-state index in [0.29, 0.717) is 0 Å². The molecule has 1 amide bonds. The summed E-state index contributed by atoms with van der Waals surface area (Å²) >= 11 is 2.13. The lowest BCUT2D eigenvalue weighted by atomic mass is 10.2. The molecule has 0 saturated carbocycles. The van der Waals surface area contributed by atoms with Crippen LogP contribution in [0.15, 0.2) is 30.6 Å². The number of hydrogen-bond donors (Lipinski definition) is 1. The van der Waals surface area contributed by atoms with Gasteiger partial charge in [-0.15, -0.1) is 0 Å². The van der Waals surface area contributed by atoms with E-state index in [1.54, 1.807) is 18.5 Å². The summed E-state index contributed by atoms with van der Waals surface area (Å²) < 4.78 is 0.138. The molecule has 1 atom stereocenters. The topological polar surface area (TPSA) is 42.0 Å². The number of aromatic nitrogens is 1. The minimum Gasteiger partial charge on any atom is -0.341 e. The summed E-state index contributed by atoms with van der Waals surface area (Å²) in [6.45, 7) is 1.91. The highest BCUT2D eigenvalue weighted by Crippen LogP contribution is 1.99. The molecule has 1 N–H and O–H groups in total. The minimum absolute atomic E-state index is 0.0873. The van der Waals surface area contributed by atoms with Crippen molar-refractivity contribution in [3.8, 4) is 0 Å². The normalized spacial score (nSPS) is 12.7. The Kier molecular flexibility index (Phi) is 4.58. The average molecular weight is 302 g/mol. The number of alkyl halides is 1. The Morgan fingerprint density at radius 2 is 2.50 bits per heavy atom. The molecule has 0 aliphatic carbocycles. The molecular formula is C10H11IN2O. The van der Waals surface area contributed by atoms with Crippen LogP contribution in [0.2, 0.25) is 0 Å². The monoisotopic (exact) mass is 302 g/mol. The van der Waals surface area contributed by atoms with Gasteiger partial charge in [-0.1, -0.05) is 28.7 Å². The maximum Gasteiger partial charge on any atom is 0.244 e. The van der Waals surface area contributed by atoms with Gasteiger partial charge in [0.05, 0.1) is 4.05 Å². The van der Waals surface area contributed by atoms with Crippen molar-refractivity contribution in [2.45, 2.75) is 11.0 Å². The number of carbonyl (C=O) groups excluding carboxylic acids is 1. The fraction of sp³-hybridized carbons (Fsp3) is 0.200. The molecule has 3 nitrogen and oxygen atoms in total. The molecule has 1 unspecified atom stereocenters. The zero-order valence-corrected chi connectivity index (χ0v) is 9.93. The number of halogens is 1. The third-order valence-electron chi connectivity index (χ3n) is 1.45. The lowest BCUT2D eigenvalue weighted by molar-refractivity contribution is -0.116. The van der Waals surface area contributed by atoms with E-state index in [4.69, 9.17) is 0 Å². The number of nitrogens with one attached hydrogen (secondary N) is 1. The first kappa shape index (κ1) is 11.2. The number of hydrogen-bond acceptors (Lipinski definition) is 2. The van der Waals surface area contributed by atoms with Crippen molar-refractivity contribution in [3.63, 3.8) is 0 Å². The second-order valence-corrected chi connectivity index (χ2v) is 4.61. The highest BCUT2D eigenvalue weighted by atomic mass is 127. The van der Waals surface area contributed by atoms with Crippen LogP contribution >= 0.6 is 22.6 Å². The Labute approximate surface area is 96.8 Å². The molecule has 0 fully saturated rings. The van der Waals surface area contributed by atoms with Crippen molar-refractivity contribution < 1.29 is 4.79 Å². The lowest BCUT2D eigenvalue weighted by Crippen LogP contribution is -2.25. The van der Waals surface area contributed by atoms with Crippen molar-refractivity contribution in [2.75, 3.05) is 0 Å². The quantitative estimate of drug-likeness (QED) is 0.401. The van der Waals surface area contributed by atoms with E-state index >= 15 is 0 Å². The van der Waals surface area contributed by atoms with Crippen LogP contribution in [0.5, 0.6) is 0 Å². The predicted molar refractivity (Wildman–Crippen MR) is 64.9 cm³/mol. The Hall–Kier alpha value is -0.910. The van der Waals surface area contributed by atoms with Crippen LogP contribution < -0.4 is 5.32 Å². The molecule has 1 aromatic rings. The molecule has 0 aromatic carbocycles. The first-order chi connectivity index (χ1) is 6.68. The number of carbonyl (C=O) groups is 1. The highest BCUT2D eigenvalue weighted by molar-refractivity contribution is 14.1. The summed E-state index contributed by atoms with van der Waals surface area (Å²) in [5.41, 5.74) is 0.920. The van der Waals surface area contributed by atoms with Crippen LogP contribution in [0, 0.1) is 0 Å². The van der Waals surface area contributed by atoms with E-state index < -0.39 is 0 Å². The van der Waals surface area contributed by atoms with Crippen molar-refractivity contribution in [3.05, 3.63) is 36.2 Å². The Balaban J connectivity index is 2.52. The molecule has 1 heterocycles. The van der Waals surface area contributed by atoms with Crippen molar-refractivity contribution in [1.82, 2.24) is 10.3 Å². The van der Waals surface area contributed by atoms with Crippen molar-refractivity contribution >= 4 is 34.6 Å². The standard InChI is InChI=1S/C10H11IN2O/c1-8(11)13-10(14)5-4-9-3-2-6-12-7-9/h2-8H,1H3,(H,13,14)/b5-4+. The Morgan fingerprint density at radius 3 is 3.07 bits per heavy atom. The molecule has 74 valence electrons. The highest BCUT2D eigenvalue weighted by Gasteiger charge is 1.97. The smallest absolute Gasteiger partial charge is 0.244 e. The van der Waals surface area contributed by atoms with Crippen LogP contribution in [0.4, 0.5) is 0 Å². The minimum atomic E-state index is -0.0873. The number of rotatable bonds is 3. The van der Waals surface area contributed by atoms with Crippen molar-refractivity contribution in [2.24, 2.45) is 0 Å². The van der Waals surface area contributed by atoms with Gasteiger partial charge in [-0.3, -0.25) is 9.78 Å². The van der Waals surface area contributed by atoms with E-state index in [-0.39, 0.29) is 9.96 Å². The number of amides is 1. The molecule has 1 rings (SSSR count). The summed E-state index contributed by atoms with van der Waals surface area (Å²) in [7, 11) is 0. The third-order valence-corrected chi connectivity index (χ3v) is 1.76. The molecule has 1 aromatic heterocycles. The summed E-state index contributed by atoms with van der Waals surface area (Å²) in [5.74, 6) is -0.0873. The second kappa shape index (κ2) is 5.74. The maximum absolute atomic E-state index is 11.2. The van der Waals surface area contributed by atoms with Crippen LogP contribution in [0.25, 0.3) is 6.08 Å². The molecule has 0 saturated heterocycles. The van der Waals surface area contributed by atoms with E-state index in [1.165, 1.54) is 6.08 Å². The molecule has 4 heteroatoms. The van der Waals surface area contributed by atoms with Gasteiger partial charge in [-0.25, -0.2) is 0 Å². The van der Waals surface area contributed by atoms with Crippen molar-refractivity contribution in [1.29, 1.82) is 0 Å². The van der Waals surface area contributed by atoms with Gasteiger partial charge in [0.25, 0.3) is 0 Å². The van der Waals surface area contributed by atoms with Crippen LogP contribution in [0.3, 0.4) is 0 Å². The lowest BCUT2D eigenvalue weighted by Gasteiger charge is -2.02. The summed E-state index contributed by atoms with van der Waals surface area (Å²) in [6.07, 6.45) is 6.65. The average Bonchev–Trinajstić information content (AvgIpc) is 2.15. The summed E-state index contributed by atoms with van der Waals surface area (Å²) in [5, 5.41) is 2.75. The predicted octanol–water partition coefficient (Wildman–Crippen LogP) is 1.99. The van der Waals surface area contributed by atoms with E-state index in [0.717, 1.165) is 5.56 Å². The van der Waals surface area contributed by atoms with E-state index in [1.807, 2.05) is 19.1 Å². The molecule has 0 spiro atoms. The number of pyridine rings is 1. The van der Waals surface area contributed by atoms with E-state index in [9.17, 15) is 4.79 Å². The summed E-state index contributed by atoms with van der Waals surface area (Å²) in [4.78, 5) is 15.1. The van der Waals surface area contributed by atoms with Gasteiger partial charge in [-0.05, 0) is 24.6 Å². The molecular weight excluding hydrogens is 291 g/mol. The molecule has 0 aliphatic rings. The van der Waals surface area contributed by atoms with Crippen LogP contribution in [-0.2, 0) is 4.79 Å². The van der Waals surface area contributed by atoms with Gasteiger partial charge in [0.2, 0.25) is 5.91 Å². The third kappa shape index (κ3) is 4.36. The van der Waals surface area contributed by atoms with Gasteiger partial charge in [0.15, 0.2) is 0 Å². The zero-order chi connectivity index (χ0) is 10.4. The number of nitrogens with zero attached hydrogens (tertiary/aromatic N) is 1. The molecule has 0 bridgehead atoms. The molecule has 0 radical (unpaired) electrons. The fourth-order valence-corrected chi connectivity index (χ4v) is 1.20. The van der Waals surface area contributed by atoms with E-state index in [2.05, 4.69) is 32.9 Å². The SMILES string of the molecule is CC(I)NC(=O)/C=C/c1cccnc1. The Morgan fingerprint density at radius 1 is 1.71 bits per heavy atom. The zero-order valence-electron chi connectivity index (χ0n) is 7.77. The maximum atomic E-state index is 11.2. The van der Waals surface area contributed by atoms with Gasteiger partial charge < -0.3 is 5.32 Å². The van der Waals surface area contributed by atoms with Crippen LogP contribution in [-0.4, -0.2) is 14.9 Å². The van der Waals surface area contributed by atoms with Gasteiger partial charge in [0.1, 0.15) is 0 Å². The van der Waals surface area contributed by atoms with Gasteiger partial charge in [0, 0.05) is 18.5 Å². The largest absolute Gasteiger partial charge is 0.341 e. The Bertz CT molecular complexity index is 322. The second-order valence-electron chi connectivity index (χ2n) is 2.74. The van der Waals surface area contributed by atoms with Gasteiger partial charge in [-0.2, -0.15) is 0 Å². The van der Waals surface area contributed by atoms with Gasteiger partial charge >= 0.3 is 0 Å². The summed E-state index contributed by atoms with van der Waals surface area (Å²) in [6, 6.07) is 3.72. The molecule has 14 heavy (non-hydrogen) atoms. The molecule has 0 aliphatic heterocycles.